The van der Waals surface area contributed by atoms with Gasteiger partial charge in [0.15, 0.2) is 0 Å². The van der Waals surface area contributed by atoms with Crippen LogP contribution in [0.15, 0.2) is 0 Å². The number of carboxylic acid groups (broad SMARTS) is 1. The van der Waals surface area contributed by atoms with Crippen molar-refractivity contribution in [2.75, 3.05) is 26.2 Å². The quantitative estimate of drug-likeness (QED) is 0.686. The molecule has 0 atom stereocenters. The minimum Gasteiger partial charge on any atom is -0.481 e. The molecule has 1 aliphatic rings. The molecule has 1 rings (SSSR count). The van der Waals surface area contributed by atoms with Crippen LogP contribution < -0.4 is 5.32 Å². The SMILES string of the molecule is CC(=O)NCCN1CCC(C(=O)O)CC1. The smallest absolute Gasteiger partial charge is 0.306 e. The molecule has 0 aromatic rings. The van der Waals surface area contributed by atoms with E-state index >= 15 is 0 Å². The van der Waals surface area contributed by atoms with Crippen LogP contribution in [0.4, 0.5) is 0 Å². The molecule has 0 aromatic carbocycles. The number of carboxylic acids is 1. The number of nitrogens with zero attached hydrogens (tertiary/aromatic N) is 1. The number of amides is 1. The Balaban J connectivity index is 2.14. The van der Waals surface area contributed by atoms with Gasteiger partial charge >= 0.3 is 5.97 Å². The van der Waals surface area contributed by atoms with Gasteiger partial charge in [0.1, 0.15) is 0 Å². The van der Waals surface area contributed by atoms with E-state index < -0.39 is 5.97 Å². The summed E-state index contributed by atoms with van der Waals surface area (Å²) in [4.78, 5) is 23.5. The molecular formula is C10H18N2O3. The fourth-order valence-corrected chi connectivity index (χ4v) is 1.79. The van der Waals surface area contributed by atoms with Crippen LogP contribution >= 0.6 is 0 Å². The minimum absolute atomic E-state index is 0.0181. The lowest BCUT2D eigenvalue weighted by molar-refractivity contribution is -0.143. The third-order valence-corrected chi connectivity index (χ3v) is 2.74. The van der Waals surface area contributed by atoms with Gasteiger partial charge in [-0.25, -0.2) is 0 Å². The molecule has 1 aliphatic heterocycles. The Bertz CT molecular complexity index is 232. The predicted octanol–water partition coefficient (Wildman–Crippen LogP) is -0.0809. The maximum atomic E-state index is 10.7. The van der Waals surface area contributed by atoms with E-state index in [0.717, 1.165) is 32.5 Å². The Labute approximate surface area is 89.4 Å². The van der Waals surface area contributed by atoms with E-state index in [2.05, 4.69) is 10.2 Å². The molecule has 1 amide bonds. The van der Waals surface area contributed by atoms with Gasteiger partial charge < -0.3 is 15.3 Å². The van der Waals surface area contributed by atoms with Gasteiger partial charge in [0.05, 0.1) is 5.92 Å². The van der Waals surface area contributed by atoms with Crippen LogP contribution in [-0.4, -0.2) is 48.1 Å². The Kier molecular flexibility index (Phi) is 4.55. The molecule has 86 valence electrons. The number of carbonyl (C=O) groups excluding carboxylic acids is 1. The Morgan fingerprint density at radius 2 is 2.00 bits per heavy atom. The predicted molar refractivity (Wildman–Crippen MR) is 55.5 cm³/mol. The molecule has 0 spiro atoms. The molecular weight excluding hydrogens is 196 g/mol. The van der Waals surface area contributed by atoms with E-state index in [0.29, 0.717) is 6.54 Å². The number of aliphatic carboxylic acids is 1. The van der Waals surface area contributed by atoms with Gasteiger partial charge in [-0.1, -0.05) is 0 Å². The van der Waals surface area contributed by atoms with Gasteiger partial charge in [-0.2, -0.15) is 0 Å². The van der Waals surface area contributed by atoms with Gasteiger partial charge in [-0.15, -0.1) is 0 Å². The van der Waals surface area contributed by atoms with Crippen molar-refractivity contribution in [2.45, 2.75) is 19.8 Å². The van der Waals surface area contributed by atoms with E-state index in [1.165, 1.54) is 6.92 Å². The highest BCUT2D eigenvalue weighted by Crippen LogP contribution is 2.16. The van der Waals surface area contributed by atoms with Gasteiger partial charge in [-0.3, -0.25) is 9.59 Å². The third-order valence-electron chi connectivity index (χ3n) is 2.74. The summed E-state index contributed by atoms with van der Waals surface area (Å²) < 4.78 is 0. The first-order valence-corrected chi connectivity index (χ1v) is 5.29. The first kappa shape index (κ1) is 12.0. The summed E-state index contributed by atoms with van der Waals surface area (Å²) >= 11 is 0. The third kappa shape index (κ3) is 4.29. The van der Waals surface area contributed by atoms with Gasteiger partial charge in [0.2, 0.25) is 5.91 Å². The van der Waals surface area contributed by atoms with Gasteiger partial charge in [-0.05, 0) is 25.9 Å². The highest BCUT2D eigenvalue weighted by Gasteiger charge is 2.23. The molecule has 0 unspecified atom stereocenters. The second-order valence-electron chi connectivity index (χ2n) is 3.94. The Morgan fingerprint density at radius 3 is 2.47 bits per heavy atom. The molecule has 2 N–H and O–H groups in total. The van der Waals surface area contributed by atoms with Crippen LogP contribution in [0.2, 0.25) is 0 Å². The number of hydrogen-bond donors (Lipinski definition) is 2. The van der Waals surface area contributed by atoms with Crippen LogP contribution in [0, 0.1) is 5.92 Å². The largest absolute Gasteiger partial charge is 0.481 e. The lowest BCUT2D eigenvalue weighted by atomic mass is 9.97. The van der Waals surface area contributed by atoms with Crippen molar-refractivity contribution in [1.82, 2.24) is 10.2 Å². The first-order chi connectivity index (χ1) is 7.09. The summed E-state index contributed by atoms with van der Waals surface area (Å²) in [6.45, 7) is 4.59. The van der Waals surface area contributed by atoms with Crippen molar-refractivity contribution < 1.29 is 14.7 Å². The Hall–Kier alpha value is -1.10. The second kappa shape index (κ2) is 5.70. The highest BCUT2D eigenvalue weighted by atomic mass is 16.4. The number of piperidine rings is 1. The zero-order valence-corrected chi connectivity index (χ0v) is 9.03. The summed E-state index contributed by atoms with van der Waals surface area (Å²) in [5.74, 6) is -0.881. The summed E-state index contributed by atoms with van der Waals surface area (Å²) in [5, 5.41) is 11.5. The molecule has 0 radical (unpaired) electrons. The Morgan fingerprint density at radius 1 is 1.40 bits per heavy atom. The van der Waals surface area contributed by atoms with Crippen molar-refractivity contribution in [2.24, 2.45) is 5.92 Å². The number of hydrogen-bond acceptors (Lipinski definition) is 3. The van der Waals surface area contributed by atoms with Crippen LogP contribution in [-0.2, 0) is 9.59 Å². The van der Waals surface area contributed by atoms with E-state index in [-0.39, 0.29) is 11.8 Å². The van der Waals surface area contributed by atoms with Crippen molar-refractivity contribution >= 4 is 11.9 Å². The summed E-state index contributed by atoms with van der Waals surface area (Å²) in [6, 6.07) is 0. The molecule has 1 fully saturated rings. The zero-order chi connectivity index (χ0) is 11.3. The molecule has 0 saturated carbocycles. The maximum Gasteiger partial charge on any atom is 0.306 e. The maximum absolute atomic E-state index is 10.7. The minimum atomic E-state index is -0.684. The molecule has 15 heavy (non-hydrogen) atoms. The lowest BCUT2D eigenvalue weighted by Crippen LogP contribution is -2.40. The van der Waals surface area contributed by atoms with E-state index in [9.17, 15) is 9.59 Å². The normalized spacial score (nSPS) is 18.7. The molecule has 5 heteroatoms. The topological polar surface area (TPSA) is 69.6 Å². The van der Waals surface area contributed by atoms with Crippen LogP contribution in [0.3, 0.4) is 0 Å². The van der Waals surface area contributed by atoms with E-state index in [4.69, 9.17) is 5.11 Å². The first-order valence-electron chi connectivity index (χ1n) is 5.29. The number of rotatable bonds is 4. The highest BCUT2D eigenvalue weighted by molar-refractivity contribution is 5.72. The number of nitrogens with one attached hydrogen (secondary N) is 1. The second-order valence-corrected chi connectivity index (χ2v) is 3.94. The van der Waals surface area contributed by atoms with E-state index in [1.807, 2.05) is 0 Å². The number of carbonyl (C=O) groups is 2. The van der Waals surface area contributed by atoms with E-state index in [1.54, 1.807) is 0 Å². The summed E-state index contributed by atoms with van der Waals surface area (Å²) in [5.41, 5.74) is 0. The summed E-state index contributed by atoms with van der Waals surface area (Å²) in [6.07, 6.45) is 1.44. The standard InChI is InChI=1S/C10H18N2O3/c1-8(13)11-4-7-12-5-2-9(3-6-12)10(14)15/h9H,2-7H2,1H3,(H,11,13)(H,14,15). The van der Waals surface area contributed by atoms with Crippen molar-refractivity contribution in [3.63, 3.8) is 0 Å². The van der Waals surface area contributed by atoms with Crippen molar-refractivity contribution in [3.05, 3.63) is 0 Å². The fraction of sp³-hybridized carbons (Fsp3) is 0.800. The average molecular weight is 214 g/mol. The average Bonchev–Trinajstić information content (AvgIpc) is 2.18. The van der Waals surface area contributed by atoms with Crippen LogP contribution in [0.1, 0.15) is 19.8 Å². The van der Waals surface area contributed by atoms with Crippen LogP contribution in [0.5, 0.6) is 0 Å². The molecule has 0 aliphatic carbocycles. The monoisotopic (exact) mass is 214 g/mol. The molecule has 0 aromatic heterocycles. The summed E-state index contributed by atoms with van der Waals surface area (Å²) in [7, 11) is 0. The fourth-order valence-electron chi connectivity index (χ4n) is 1.79. The van der Waals surface area contributed by atoms with Crippen molar-refractivity contribution in [1.29, 1.82) is 0 Å². The molecule has 1 saturated heterocycles. The van der Waals surface area contributed by atoms with Crippen molar-refractivity contribution in [3.8, 4) is 0 Å². The molecule has 5 nitrogen and oxygen atoms in total. The van der Waals surface area contributed by atoms with Gasteiger partial charge in [0, 0.05) is 20.0 Å². The van der Waals surface area contributed by atoms with Crippen LogP contribution in [0.25, 0.3) is 0 Å². The number of likely N-dealkylation sites (tertiary alicyclic amines) is 1. The zero-order valence-electron chi connectivity index (χ0n) is 9.03. The lowest BCUT2D eigenvalue weighted by Gasteiger charge is -2.29. The van der Waals surface area contributed by atoms with Gasteiger partial charge in [0.25, 0.3) is 0 Å². The molecule has 0 bridgehead atoms. The molecule has 1 heterocycles.